The minimum absolute atomic E-state index is 0.0204. The first-order valence-corrected chi connectivity index (χ1v) is 8.52. The molecule has 6 nitrogen and oxygen atoms in total. The first-order valence-electron chi connectivity index (χ1n) is 8.52. The molecular weight excluding hydrogens is 316 g/mol. The summed E-state index contributed by atoms with van der Waals surface area (Å²) in [4.78, 5) is 18.1. The van der Waals surface area contributed by atoms with E-state index < -0.39 is 0 Å². The number of aromatic nitrogens is 3. The van der Waals surface area contributed by atoms with Crippen LogP contribution in [0.4, 0.5) is 0 Å². The molecule has 0 saturated heterocycles. The normalized spacial score (nSPS) is 11.2. The number of carbonyl (C=O) groups is 1. The van der Waals surface area contributed by atoms with Crippen LogP contribution in [0.2, 0.25) is 0 Å². The summed E-state index contributed by atoms with van der Waals surface area (Å²) in [6.07, 6.45) is 3.73. The predicted molar refractivity (Wildman–Crippen MR) is 97.7 cm³/mol. The van der Waals surface area contributed by atoms with Gasteiger partial charge in [-0.05, 0) is 39.0 Å². The molecule has 0 fully saturated rings. The number of hydrogen-bond donors (Lipinski definition) is 1. The summed E-state index contributed by atoms with van der Waals surface area (Å²) in [7, 11) is 1.87. The van der Waals surface area contributed by atoms with Crippen LogP contribution in [-0.2, 0) is 13.6 Å². The molecule has 1 aromatic carbocycles. The van der Waals surface area contributed by atoms with Crippen molar-refractivity contribution in [1.82, 2.24) is 19.7 Å². The van der Waals surface area contributed by atoms with Gasteiger partial charge in [0, 0.05) is 48.4 Å². The fourth-order valence-corrected chi connectivity index (χ4v) is 2.87. The number of hydrogen-bond acceptors (Lipinski definition) is 3. The number of carbonyl (C=O) groups excluding carboxylic acids is 1. The number of rotatable bonds is 6. The SMILES string of the molecule is CCOc1ccc2cc(C(=O)N(Cc3cnn(C)c3)C(C)C)[nH]c2c1. The molecule has 132 valence electrons. The van der Waals surface area contributed by atoms with Gasteiger partial charge < -0.3 is 14.6 Å². The fourth-order valence-electron chi connectivity index (χ4n) is 2.87. The Hall–Kier alpha value is -2.76. The van der Waals surface area contributed by atoms with E-state index in [9.17, 15) is 4.79 Å². The topological polar surface area (TPSA) is 63.1 Å². The Balaban J connectivity index is 1.87. The number of H-pyrrole nitrogens is 1. The van der Waals surface area contributed by atoms with E-state index in [4.69, 9.17) is 4.74 Å². The fraction of sp³-hybridized carbons (Fsp3) is 0.368. The van der Waals surface area contributed by atoms with Gasteiger partial charge in [0.1, 0.15) is 11.4 Å². The quantitative estimate of drug-likeness (QED) is 0.748. The van der Waals surface area contributed by atoms with Crippen molar-refractivity contribution in [3.63, 3.8) is 0 Å². The molecule has 0 unspecified atom stereocenters. The van der Waals surface area contributed by atoms with Gasteiger partial charge in [0.2, 0.25) is 0 Å². The number of aryl methyl sites for hydroxylation is 1. The number of ether oxygens (including phenoxy) is 1. The van der Waals surface area contributed by atoms with E-state index in [2.05, 4.69) is 10.1 Å². The Labute approximate surface area is 147 Å². The molecule has 3 aromatic rings. The third-order valence-electron chi connectivity index (χ3n) is 4.13. The number of nitrogens with one attached hydrogen (secondary N) is 1. The van der Waals surface area contributed by atoms with Crippen LogP contribution < -0.4 is 4.74 Å². The Morgan fingerprint density at radius 1 is 1.36 bits per heavy atom. The zero-order chi connectivity index (χ0) is 18.0. The van der Waals surface area contributed by atoms with Gasteiger partial charge in [-0.15, -0.1) is 0 Å². The number of amides is 1. The van der Waals surface area contributed by atoms with Gasteiger partial charge in [-0.25, -0.2) is 0 Å². The molecule has 2 aromatic heterocycles. The third kappa shape index (κ3) is 3.68. The Bertz CT molecular complexity index is 879. The summed E-state index contributed by atoms with van der Waals surface area (Å²) in [6, 6.07) is 7.79. The largest absolute Gasteiger partial charge is 0.494 e. The van der Waals surface area contributed by atoms with Crippen molar-refractivity contribution in [2.24, 2.45) is 7.05 Å². The molecule has 0 aliphatic carbocycles. The standard InChI is InChI=1S/C19H24N4O2/c1-5-25-16-7-6-15-8-18(21-17(15)9-16)19(24)23(13(2)3)12-14-10-20-22(4)11-14/h6-11,13,21H,5,12H2,1-4H3. The Morgan fingerprint density at radius 2 is 2.16 bits per heavy atom. The average molecular weight is 340 g/mol. The summed E-state index contributed by atoms with van der Waals surface area (Å²) in [5, 5.41) is 5.18. The monoisotopic (exact) mass is 340 g/mol. The lowest BCUT2D eigenvalue weighted by molar-refractivity contribution is 0.0685. The van der Waals surface area contributed by atoms with Crippen LogP contribution in [0.3, 0.4) is 0 Å². The van der Waals surface area contributed by atoms with Crippen LogP contribution in [-0.4, -0.2) is 38.2 Å². The van der Waals surface area contributed by atoms with Crippen molar-refractivity contribution in [2.75, 3.05) is 6.61 Å². The lowest BCUT2D eigenvalue weighted by Gasteiger charge is -2.25. The van der Waals surface area contributed by atoms with E-state index in [1.165, 1.54) is 0 Å². The van der Waals surface area contributed by atoms with Crippen LogP contribution in [0.15, 0.2) is 36.7 Å². The summed E-state index contributed by atoms with van der Waals surface area (Å²) < 4.78 is 7.27. The molecule has 1 amide bonds. The first-order chi connectivity index (χ1) is 12.0. The molecule has 0 spiro atoms. The van der Waals surface area contributed by atoms with Gasteiger partial charge in [0.25, 0.3) is 5.91 Å². The molecule has 0 radical (unpaired) electrons. The minimum Gasteiger partial charge on any atom is -0.494 e. The van der Waals surface area contributed by atoms with Gasteiger partial charge in [0.15, 0.2) is 0 Å². The minimum atomic E-state index is -0.0204. The maximum absolute atomic E-state index is 13.0. The zero-order valence-electron chi connectivity index (χ0n) is 15.1. The van der Waals surface area contributed by atoms with Crippen molar-refractivity contribution < 1.29 is 9.53 Å². The first kappa shape index (κ1) is 17.1. The Morgan fingerprint density at radius 3 is 2.80 bits per heavy atom. The van der Waals surface area contributed by atoms with E-state index in [0.717, 1.165) is 22.2 Å². The number of benzene rings is 1. The third-order valence-corrected chi connectivity index (χ3v) is 4.13. The van der Waals surface area contributed by atoms with Crippen LogP contribution in [0.1, 0.15) is 36.8 Å². The highest BCUT2D eigenvalue weighted by molar-refractivity contribution is 5.98. The number of nitrogens with zero attached hydrogens (tertiary/aromatic N) is 3. The lowest BCUT2D eigenvalue weighted by atomic mass is 10.2. The molecule has 1 N–H and O–H groups in total. The highest BCUT2D eigenvalue weighted by Gasteiger charge is 2.21. The van der Waals surface area contributed by atoms with Crippen LogP contribution in [0, 0.1) is 0 Å². The molecule has 0 saturated carbocycles. The maximum Gasteiger partial charge on any atom is 0.270 e. The molecule has 3 rings (SSSR count). The molecule has 0 aliphatic rings. The van der Waals surface area contributed by atoms with Gasteiger partial charge in [0.05, 0.1) is 12.8 Å². The zero-order valence-corrected chi connectivity index (χ0v) is 15.1. The van der Waals surface area contributed by atoms with Gasteiger partial charge in [-0.2, -0.15) is 5.10 Å². The predicted octanol–water partition coefficient (Wildman–Crippen LogP) is 3.35. The van der Waals surface area contributed by atoms with E-state index >= 15 is 0 Å². The highest BCUT2D eigenvalue weighted by Crippen LogP contribution is 2.23. The molecule has 25 heavy (non-hydrogen) atoms. The van der Waals surface area contributed by atoms with Crippen molar-refractivity contribution >= 4 is 16.8 Å². The molecule has 2 heterocycles. The highest BCUT2D eigenvalue weighted by atomic mass is 16.5. The molecule has 0 bridgehead atoms. The van der Waals surface area contributed by atoms with E-state index in [1.54, 1.807) is 10.9 Å². The molecule has 0 aliphatic heterocycles. The van der Waals surface area contributed by atoms with Crippen molar-refractivity contribution in [3.8, 4) is 5.75 Å². The summed E-state index contributed by atoms with van der Waals surface area (Å²) in [5.74, 6) is 0.778. The molecule has 6 heteroatoms. The average Bonchev–Trinajstić information content (AvgIpc) is 3.17. The van der Waals surface area contributed by atoms with Crippen LogP contribution >= 0.6 is 0 Å². The maximum atomic E-state index is 13.0. The molecule has 0 atom stereocenters. The second-order valence-electron chi connectivity index (χ2n) is 6.41. The van der Waals surface area contributed by atoms with Gasteiger partial charge >= 0.3 is 0 Å². The molecular formula is C19H24N4O2. The van der Waals surface area contributed by atoms with E-state index in [0.29, 0.717) is 18.8 Å². The lowest BCUT2D eigenvalue weighted by Crippen LogP contribution is -2.36. The summed E-state index contributed by atoms with van der Waals surface area (Å²) in [5.41, 5.74) is 2.50. The van der Waals surface area contributed by atoms with E-state index in [1.807, 2.05) is 63.2 Å². The second-order valence-corrected chi connectivity index (χ2v) is 6.41. The van der Waals surface area contributed by atoms with Crippen LogP contribution in [0.25, 0.3) is 10.9 Å². The Kier molecular flexibility index (Phi) is 4.79. The number of fused-ring (bicyclic) bond motifs is 1. The van der Waals surface area contributed by atoms with Crippen molar-refractivity contribution in [1.29, 1.82) is 0 Å². The van der Waals surface area contributed by atoms with Crippen LogP contribution in [0.5, 0.6) is 5.75 Å². The van der Waals surface area contributed by atoms with E-state index in [-0.39, 0.29) is 11.9 Å². The van der Waals surface area contributed by atoms with Gasteiger partial charge in [-0.3, -0.25) is 9.48 Å². The smallest absolute Gasteiger partial charge is 0.270 e. The van der Waals surface area contributed by atoms with Crippen molar-refractivity contribution in [3.05, 3.63) is 47.9 Å². The number of aromatic amines is 1. The summed E-state index contributed by atoms with van der Waals surface area (Å²) >= 11 is 0. The second kappa shape index (κ2) is 7.01. The summed E-state index contributed by atoms with van der Waals surface area (Å²) in [6.45, 7) is 7.13. The van der Waals surface area contributed by atoms with Crippen molar-refractivity contribution in [2.45, 2.75) is 33.4 Å². The van der Waals surface area contributed by atoms with Gasteiger partial charge in [-0.1, -0.05) is 0 Å².